The topological polar surface area (TPSA) is 30.2 Å². The first-order valence-corrected chi connectivity index (χ1v) is 6.47. The van der Waals surface area contributed by atoms with Crippen LogP contribution in [0.1, 0.15) is 16.1 Å². The summed E-state index contributed by atoms with van der Waals surface area (Å²) in [6.07, 6.45) is -0.120. The second-order valence-electron chi connectivity index (χ2n) is 4.45. The van der Waals surface area contributed by atoms with Gasteiger partial charge in [-0.25, -0.2) is 4.39 Å². The number of benzene rings is 2. The van der Waals surface area contributed by atoms with Crippen molar-refractivity contribution in [2.24, 2.45) is 0 Å². The molecule has 2 aromatic carbocycles. The molecule has 0 atom stereocenters. The summed E-state index contributed by atoms with van der Waals surface area (Å²) < 4.78 is 19.1. The molecule has 0 spiro atoms. The average Bonchev–Trinajstić information content (AvgIpc) is 2.87. The number of ketones is 1. The van der Waals surface area contributed by atoms with Crippen LogP contribution >= 0.6 is 11.6 Å². The number of rotatable bonds is 3. The first-order chi connectivity index (χ1) is 9.65. The van der Waals surface area contributed by atoms with Crippen molar-refractivity contribution < 1.29 is 13.6 Å². The predicted octanol–water partition coefficient (Wildman–Crippen LogP) is 4.65. The molecule has 3 aromatic rings. The van der Waals surface area contributed by atoms with Crippen LogP contribution in [0.3, 0.4) is 0 Å². The van der Waals surface area contributed by atoms with E-state index in [4.69, 9.17) is 16.0 Å². The fourth-order valence-electron chi connectivity index (χ4n) is 2.07. The highest BCUT2D eigenvalue weighted by Crippen LogP contribution is 2.23. The number of hydrogen-bond acceptors (Lipinski definition) is 2. The summed E-state index contributed by atoms with van der Waals surface area (Å²) in [6.45, 7) is 0. The van der Waals surface area contributed by atoms with Crippen LogP contribution in [-0.4, -0.2) is 5.78 Å². The van der Waals surface area contributed by atoms with Gasteiger partial charge in [-0.3, -0.25) is 4.79 Å². The van der Waals surface area contributed by atoms with Crippen LogP contribution < -0.4 is 0 Å². The van der Waals surface area contributed by atoms with Gasteiger partial charge in [0.25, 0.3) is 0 Å². The van der Waals surface area contributed by atoms with E-state index in [9.17, 15) is 9.18 Å². The molecule has 0 bridgehead atoms. The molecule has 1 aromatic heterocycles. The van der Waals surface area contributed by atoms with Crippen molar-refractivity contribution >= 4 is 28.4 Å². The third kappa shape index (κ3) is 2.32. The first kappa shape index (κ1) is 12.9. The third-order valence-electron chi connectivity index (χ3n) is 3.10. The van der Waals surface area contributed by atoms with Gasteiger partial charge < -0.3 is 4.42 Å². The summed E-state index contributed by atoms with van der Waals surface area (Å²) in [5.74, 6) is -0.569. The first-order valence-electron chi connectivity index (χ1n) is 6.10. The van der Waals surface area contributed by atoms with Crippen LogP contribution in [0.4, 0.5) is 4.39 Å². The number of furan rings is 1. The van der Waals surface area contributed by atoms with Gasteiger partial charge >= 0.3 is 0 Å². The molecule has 20 heavy (non-hydrogen) atoms. The van der Waals surface area contributed by atoms with Crippen molar-refractivity contribution in [2.45, 2.75) is 6.42 Å². The Bertz CT molecular complexity index is 739. The molecule has 0 fully saturated rings. The smallest absolute Gasteiger partial charge is 0.202 e. The Morgan fingerprint density at radius 3 is 2.70 bits per heavy atom. The van der Waals surface area contributed by atoms with Crippen LogP contribution in [0.25, 0.3) is 11.0 Å². The predicted molar refractivity (Wildman–Crippen MR) is 75.7 cm³/mol. The Labute approximate surface area is 119 Å². The van der Waals surface area contributed by atoms with Crippen molar-refractivity contribution in [1.29, 1.82) is 0 Å². The Kier molecular flexibility index (Phi) is 3.28. The molecule has 0 N–H and O–H groups in total. The Hall–Kier alpha value is -2.13. The molecule has 100 valence electrons. The van der Waals surface area contributed by atoms with E-state index in [-0.39, 0.29) is 28.6 Å². The third-order valence-corrected chi connectivity index (χ3v) is 3.45. The van der Waals surface area contributed by atoms with Crippen LogP contribution in [0.5, 0.6) is 0 Å². The van der Waals surface area contributed by atoms with Crippen LogP contribution in [-0.2, 0) is 6.42 Å². The monoisotopic (exact) mass is 288 g/mol. The molecule has 0 unspecified atom stereocenters. The molecule has 2 nitrogen and oxygen atoms in total. The number of fused-ring (bicyclic) bond motifs is 1. The highest BCUT2D eigenvalue weighted by molar-refractivity contribution is 6.31. The molecule has 0 aliphatic heterocycles. The van der Waals surface area contributed by atoms with Crippen molar-refractivity contribution in [2.75, 3.05) is 0 Å². The average molecular weight is 289 g/mol. The Balaban J connectivity index is 1.93. The zero-order valence-electron chi connectivity index (χ0n) is 10.4. The number of halogens is 2. The maximum atomic E-state index is 13.7. The Morgan fingerprint density at radius 1 is 1.15 bits per heavy atom. The minimum atomic E-state index is -0.484. The molecule has 0 saturated carbocycles. The maximum absolute atomic E-state index is 13.7. The quantitative estimate of drug-likeness (QED) is 0.657. The molecular formula is C16H10ClFO2. The molecule has 0 saturated heterocycles. The molecule has 0 aliphatic carbocycles. The maximum Gasteiger partial charge on any atom is 0.202 e. The minimum Gasteiger partial charge on any atom is -0.453 e. The lowest BCUT2D eigenvalue weighted by atomic mass is 10.1. The zero-order chi connectivity index (χ0) is 14.1. The van der Waals surface area contributed by atoms with Gasteiger partial charge in [0.15, 0.2) is 5.76 Å². The SMILES string of the molecule is O=C(Cc1c(F)cccc1Cl)c1cc2ccccc2o1. The van der Waals surface area contributed by atoms with E-state index in [2.05, 4.69) is 0 Å². The second kappa shape index (κ2) is 5.10. The summed E-state index contributed by atoms with van der Waals surface area (Å²) in [7, 11) is 0. The van der Waals surface area contributed by atoms with Gasteiger partial charge in [-0.2, -0.15) is 0 Å². The summed E-state index contributed by atoms with van der Waals surface area (Å²) in [5.41, 5.74) is 0.829. The molecule has 0 amide bonds. The molecule has 0 radical (unpaired) electrons. The standard InChI is InChI=1S/C16H10ClFO2/c17-12-5-3-6-13(18)11(12)9-14(19)16-8-10-4-1-2-7-15(10)20-16/h1-8H,9H2. The normalized spacial score (nSPS) is 10.9. The highest BCUT2D eigenvalue weighted by atomic mass is 35.5. The summed E-state index contributed by atoms with van der Waals surface area (Å²) in [4.78, 5) is 12.2. The van der Waals surface area contributed by atoms with Gasteiger partial charge in [0.1, 0.15) is 11.4 Å². The van der Waals surface area contributed by atoms with E-state index < -0.39 is 5.82 Å². The summed E-state index contributed by atoms with van der Waals surface area (Å²) >= 11 is 5.92. The molecule has 3 rings (SSSR count). The van der Waals surface area contributed by atoms with E-state index in [0.29, 0.717) is 5.58 Å². The van der Waals surface area contributed by atoms with E-state index >= 15 is 0 Å². The van der Waals surface area contributed by atoms with Gasteiger partial charge in [-0.1, -0.05) is 35.9 Å². The van der Waals surface area contributed by atoms with Crippen molar-refractivity contribution in [3.63, 3.8) is 0 Å². The summed E-state index contributed by atoms with van der Waals surface area (Å²) in [6, 6.07) is 13.3. The highest BCUT2D eigenvalue weighted by Gasteiger charge is 2.16. The van der Waals surface area contributed by atoms with E-state index in [1.807, 2.05) is 18.2 Å². The molecule has 4 heteroatoms. The zero-order valence-corrected chi connectivity index (χ0v) is 11.2. The van der Waals surface area contributed by atoms with Crippen LogP contribution in [0.15, 0.2) is 52.9 Å². The fraction of sp³-hybridized carbons (Fsp3) is 0.0625. The van der Waals surface area contributed by atoms with E-state index in [1.54, 1.807) is 18.2 Å². The lowest BCUT2D eigenvalue weighted by Gasteiger charge is -2.03. The van der Waals surface area contributed by atoms with Crippen LogP contribution in [0.2, 0.25) is 5.02 Å². The van der Waals surface area contributed by atoms with Crippen molar-refractivity contribution in [3.8, 4) is 0 Å². The van der Waals surface area contributed by atoms with E-state index in [0.717, 1.165) is 5.39 Å². The van der Waals surface area contributed by atoms with Crippen LogP contribution in [0, 0.1) is 5.82 Å². The van der Waals surface area contributed by atoms with Gasteiger partial charge in [0, 0.05) is 22.4 Å². The number of carbonyl (C=O) groups is 1. The number of Topliss-reactive ketones (excluding diaryl/α,β-unsaturated/α-hetero) is 1. The number of para-hydroxylation sites is 1. The lowest BCUT2D eigenvalue weighted by molar-refractivity contribution is 0.0967. The van der Waals surface area contributed by atoms with Gasteiger partial charge in [-0.05, 0) is 24.3 Å². The van der Waals surface area contributed by atoms with Crippen molar-refractivity contribution in [1.82, 2.24) is 0 Å². The van der Waals surface area contributed by atoms with Gasteiger partial charge in [-0.15, -0.1) is 0 Å². The summed E-state index contributed by atoms with van der Waals surface area (Å²) in [5, 5.41) is 1.09. The fourth-order valence-corrected chi connectivity index (χ4v) is 2.30. The molecule has 1 heterocycles. The second-order valence-corrected chi connectivity index (χ2v) is 4.86. The lowest BCUT2D eigenvalue weighted by Crippen LogP contribution is -2.04. The molecule has 0 aliphatic rings. The largest absolute Gasteiger partial charge is 0.453 e. The van der Waals surface area contributed by atoms with Crippen molar-refractivity contribution in [3.05, 3.63) is 70.7 Å². The Morgan fingerprint density at radius 2 is 1.95 bits per heavy atom. The van der Waals surface area contributed by atoms with E-state index in [1.165, 1.54) is 12.1 Å². The number of carbonyl (C=O) groups excluding carboxylic acids is 1. The number of hydrogen-bond donors (Lipinski definition) is 0. The van der Waals surface area contributed by atoms with Gasteiger partial charge in [0.05, 0.1) is 0 Å². The molecular weight excluding hydrogens is 279 g/mol. The van der Waals surface area contributed by atoms with Gasteiger partial charge in [0.2, 0.25) is 5.78 Å². The minimum absolute atomic E-state index is 0.120.